The van der Waals surface area contributed by atoms with Gasteiger partial charge in [-0.05, 0) is 64.7 Å². The highest BCUT2D eigenvalue weighted by Crippen LogP contribution is 2.40. The van der Waals surface area contributed by atoms with Crippen LogP contribution in [0.15, 0.2) is 0 Å². The van der Waals surface area contributed by atoms with E-state index in [1.54, 1.807) is 0 Å². The monoisotopic (exact) mass is 255 g/mol. The van der Waals surface area contributed by atoms with Crippen LogP contribution in [-0.4, -0.2) is 67.3 Å². The first kappa shape index (κ1) is 14.3. The van der Waals surface area contributed by atoms with E-state index in [-0.39, 0.29) is 0 Å². The Morgan fingerprint density at radius 1 is 1.22 bits per heavy atom. The molecule has 0 bridgehead atoms. The van der Waals surface area contributed by atoms with Crippen molar-refractivity contribution in [1.82, 2.24) is 9.80 Å². The number of nitrogens with zero attached hydrogens (tertiary/aromatic N) is 2. The minimum absolute atomic E-state index is 0.412. The number of hydrogen-bond acceptors (Lipinski definition) is 4. The van der Waals surface area contributed by atoms with Gasteiger partial charge in [0.1, 0.15) is 0 Å². The molecule has 1 unspecified atom stereocenters. The summed E-state index contributed by atoms with van der Waals surface area (Å²) in [6.07, 6.45) is 4.82. The Bertz CT molecular complexity index is 260. The molecule has 1 atom stereocenters. The van der Waals surface area contributed by atoms with E-state index in [2.05, 4.69) is 23.9 Å². The summed E-state index contributed by atoms with van der Waals surface area (Å²) in [7, 11) is 4.29. The van der Waals surface area contributed by atoms with E-state index in [0.717, 1.165) is 38.4 Å². The number of rotatable bonds is 6. The Morgan fingerprint density at radius 2 is 1.83 bits per heavy atom. The van der Waals surface area contributed by atoms with Gasteiger partial charge < -0.3 is 20.6 Å². The van der Waals surface area contributed by atoms with Gasteiger partial charge in [-0.3, -0.25) is 0 Å². The van der Waals surface area contributed by atoms with Crippen molar-refractivity contribution in [2.75, 3.05) is 46.8 Å². The van der Waals surface area contributed by atoms with Crippen LogP contribution in [0.4, 0.5) is 0 Å². The highest BCUT2D eigenvalue weighted by atomic mass is 16.3. The van der Waals surface area contributed by atoms with Crippen molar-refractivity contribution in [3.8, 4) is 0 Å². The first-order valence-corrected chi connectivity index (χ1v) is 7.33. The maximum atomic E-state index is 10.5. The van der Waals surface area contributed by atoms with Crippen molar-refractivity contribution in [2.24, 2.45) is 17.6 Å². The number of aliphatic hydroxyl groups is 1. The van der Waals surface area contributed by atoms with Crippen LogP contribution in [0, 0.1) is 11.8 Å². The molecule has 106 valence electrons. The van der Waals surface area contributed by atoms with Crippen molar-refractivity contribution in [2.45, 2.75) is 31.3 Å². The molecule has 0 spiro atoms. The minimum atomic E-state index is -0.617. The number of hydrogen-bond donors (Lipinski definition) is 2. The van der Waals surface area contributed by atoms with Crippen LogP contribution in [-0.2, 0) is 0 Å². The molecule has 2 rings (SSSR count). The van der Waals surface area contributed by atoms with Crippen molar-refractivity contribution < 1.29 is 5.11 Å². The molecule has 0 aromatic heterocycles. The summed E-state index contributed by atoms with van der Waals surface area (Å²) in [5.74, 6) is 1.28. The van der Waals surface area contributed by atoms with Crippen LogP contribution in [0.3, 0.4) is 0 Å². The van der Waals surface area contributed by atoms with E-state index in [4.69, 9.17) is 5.73 Å². The fraction of sp³-hybridized carbons (Fsp3) is 1.00. The maximum Gasteiger partial charge on any atom is 0.0923 e. The van der Waals surface area contributed by atoms with Crippen molar-refractivity contribution in [1.29, 1.82) is 0 Å². The van der Waals surface area contributed by atoms with Crippen molar-refractivity contribution in [3.05, 3.63) is 0 Å². The molecule has 18 heavy (non-hydrogen) atoms. The molecule has 0 aromatic carbocycles. The van der Waals surface area contributed by atoms with E-state index >= 15 is 0 Å². The number of nitrogens with two attached hydrogens (primary N) is 1. The van der Waals surface area contributed by atoms with E-state index in [0.29, 0.717) is 12.5 Å². The predicted octanol–water partition coefficient (Wildman–Crippen LogP) is 0.360. The van der Waals surface area contributed by atoms with Gasteiger partial charge >= 0.3 is 0 Å². The van der Waals surface area contributed by atoms with Gasteiger partial charge in [0, 0.05) is 19.6 Å². The summed E-state index contributed by atoms with van der Waals surface area (Å²) in [6, 6.07) is 0. The van der Waals surface area contributed by atoms with Crippen LogP contribution in [0.25, 0.3) is 0 Å². The van der Waals surface area contributed by atoms with Crippen molar-refractivity contribution >= 4 is 0 Å². The van der Waals surface area contributed by atoms with Gasteiger partial charge in [0.15, 0.2) is 0 Å². The van der Waals surface area contributed by atoms with Crippen LogP contribution in [0.5, 0.6) is 0 Å². The fourth-order valence-electron chi connectivity index (χ4n) is 3.21. The van der Waals surface area contributed by atoms with Gasteiger partial charge in [-0.15, -0.1) is 0 Å². The highest BCUT2D eigenvalue weighted by molar-refractivity contribution is 4.98. The van der Waals surface area contributed by atoms with Gasteiger partial charge in [0.25, 0.3) is 0 Å². The van der Waals surface area contributed by atoms with Crippen LogP contribution in [0.1, 0.15) is 25.7 Å². The molecule has 1 saturated heterocycles. The summed E-state index contributed by atoms with van der Waals surface area (Å²) in [5.41, 5.74) is 5.16. The summed E-state index contributed by atoms with van der Waals surface area (Å²) < 4.78 is 0. The Hall–Kier alpha value is -0.160. The first-order chi connectivity index (χ1) is 8.53. The first-order valence-electron chi connectivity index (χ1n) is 7.33. The molecule has 1 saturated carbocycles. The zero-order chi connectivity index (χ0) is 13.2. The van der Waals surface area contributed by atoms with Crippen molar-refractivity contribution in [3.63, 3.8) is 0 Å². The standard InChI is InChI=1S/C14H29N3O/c1-16(2)9-12-5-7-17(8-6-12)11-14(18,10-15)13-3-4-13/h12-13,18H,3-11,15H2,1-2H3. The molecule has 1 heterocycles. The third-order valence-corrected chi connectivity index (χ3v) is 4.52. The fourth-order valence-corrected chi connectivity index (χ4v) is 3.21. The summed E-state index contributed by atoms with van der Waals surface area (Å²) in [6.45, 7) is 4.62. The molecule has 2 fully saturated rings. The predicted molar refractivity (Wildman–Crippen MR) is 74.4 cm³/mol. The maximum absolute atomic E-state index is 10.5. The number of β-amino-alcohol motifs (C(OH)–C–C–N with tert-alkyl or cyclic N) is 1. The molecule has 1 aliphatic carbocycles. The molecule has 0 amide bonds. The highest BCUT2D eigenvalue weighted by Gasteiger charge is 2.44. The third-order valence-electron chi connectivity index (χ3n) is 4.52. The second kappa shape index (κ2) is 5.87. The molecular formula is C14H29N3O. The van der Waals surface area contributed by atoms with E-state index in [1.165, 1.54) is 19.4 Å². The van der Waals surface area contributed by atoms with Gasteiger partial charge in [-0.25, -0.2) is 0 Å². The molecule has 4 heteroatoms. The quantitative estimate of drug-likeness (QED) is 0.719. The Kier molecular flexibility index (Phi) is 4.64. The van der Waals surface area contributed by atoms with Gasteiger partial charge in [-0.2, -0.15) is 0 Å². The average molecular weight is 255 g/mol. The second-order valence-corrected chi connectivity index (χ2v) is 6.56. The second-order valence-electron chi connectivity index (χ2n) is 6.56. The molecule has 0 aromatic rings. The molecular weight excluding hydrogens is 226 g/mol. The largest absolute Gasteiger partial charge is 0.387 e. The smallest absolute Gasteiger partial charge is 0.0923 e. The molecule has 2 aliphatic rings. The lowest BCUT2D eigenvalue weighted by atomic mass is 9.92. The summed E-state index contributed by atoms with van der Waals surface area (Å²) in [4.78, 5) is 4.69. The lowest BCUT2D eigenvalue weighted by molar-refractivity contribution is -0.0168. The molecule has 3 N–H and O–H groups in total. The van der Waals surface area contributed by atoms with Gasteiger partial charge in [0.05, 0.1) is 5.60 Å². The van der Waals surface area contributed by atoms with Gasteiger partial charge in [-0.1, -0.05) is 0 Å². The number of likely N-dealkylation sites (tertiary alicyclic amines) is 1. The lowest BCUT2D eigenvalue weighted by Crippen LogP contribution is -2.52. The molecule has 0 radical (unpaired) electrons. The van der Waals surface area contributed by atoms with E-state index in [9.17, 15) is 5.11 Å². The number of piperidine rings is 1. The average Bonchev–Trinajstić information content (AvgIpc) is 3.15. The topological polar surface area (TPSA) is 52.7 Å². The zero-order valence-electron chi connectivity index (χ0n) is 11.9. The van der Waals surface area contributed by atoms with E-state index in [1.807, 2.05) is 0 Å². The lowest BCUT2D eigenvalue weighted by Gasteiger charge is -2.38. The van der Waals surface area contributed by atoms with E-state index < -0.39 is 5.60 Å². The van der Waals surface area contributed by atoms with Crippen LogP contribution < -0.4 is 5.73 Å². The zero-order valence-corrected chi connectivity index (χ0v) is 11.9. The summed E-state index contributed by atoms with van der Waals surface area (Å²) >= 11 is 0. The van der Waals surface area contributed by atoms with Crippen LogP contribution >= 0.6 is 0 Å². The Balaban J connectivity index is 1.75. The third kappa shape index (κ3) is 3.67. The summed E-state index contributed by atoms with van der Waals surface area (Å²) in [5, 5.41) is 10.5. The van der Waals surface area contributed by atoms with Gasteiger partial charge in [0.2, 0.25) is 0 Å². The normalized spacial score (nSPS) is 26.5. The molecule has 1 aliphatic heterocycles. The Morgan fingerprint density at radius 3 is 2.28 bits per heavy atom. The van der Waals surface area contributed by atoms with Crippen LogP contribution in [0.2, 0.25) is 0 Å². The molecule has 4 nitrogen and oxygen atoms in total. The minimum Gasteiger partial charge on any atom is -0.387 e. The SMILES string of the molecule is CN(C)CC1CCN(CC(O)(CN)C2CC2)CC1. The Labute approximate surface area is 111 Å².